The van der Waals surface area contributed by atoms with Gasteiger partial charge in [-0.3, -0.25) is 19.7 Å². The van der Waals surface area contributed by atoms with Gasteiger partial charge in [0.25, 0.3) is 5.69 Å². The molecule has 150 valence electrons. The van der Waals surface area contributed by atoms with Crippen LogP contribution >= 0.6 is 11.8 Å². The van der Waals surface area contributed by atoms with Gasteiger partial charge >= 0.3 is 12.1 Å². The minimum atomic E-state index is -4.68. The summed E-state index contributed by atoms with van der Waals surface area (Å²) in [7, 11) is 0. The lowest BCUT2D eigenvalue weighted by molar-refractivity contribution is -0.384. The molecule has 0 fully saturated rings. The van der Waals surface area contributed by atoms with Crippen molar-refractivity contribution in [2.75, 3.05) is 36.5 Å². The number of amides is 1. The fraction of sp³-hybridized carbons (Fsp3) is 0.467. The summed E-state index contributed by atoms with van der Waals surface area (Å²) in [5.74, 6) is -0.712. The summed E-state index contributed by atoms with van der Waals surface area (Å²) in [5, 5.41) is 16.1. The van der Waals surface area contributed by atoms with E-state index in [2.05, 4.69) is 10.6 Å². The molecule has 8 nitrogen and oxygen atoms in total. The molecule has 1 amide bonds. The van der Waals surface area contributed by atoms with E-state index in [-0.39, 0.29) is 42.8 Å². The van der Waals surface area contributed by atoms with E-state index in [9.17, 15) is 32.9 Å². The number of ether oxygens (including phenoxy) is 1. The van der Waals surface area contributed by atoms with Crippen LogP contribution in [0, 0.1) is 10.1 Å². The fourth-order valence-electron chi connectivity index (χ4n) is 1.89. The molecule has 0 aliphatic carbocycles. The lowest BCUT2D eigenvalue weighted by Gasteiger charge is -2.11. The predicted molar refractivity (Wildman–Crippen MR) is 93.6 cm³/mol. The summed E-state index contributed by atoms with van der Waals surface area (Å²) in [6, 6.07) is 2.16. The molecule has 0 radical (unpaired) electrons. The molecule has 12 heteroatoms. The molecule has 0 spiro atoms. The summed E-state index contributed by atoms with van der Waals surface area (Å²) in [4.78, 5) is 32.7. The van der Waals surface area contributed by atoms with Gasteiger partial charge < -0.3 is 15.4 Å². The second-order valence-electron chi connectivity index (χ2n) is 5.06. The Morgan fingerprint density at radius 2 is 1.96 bits per heavy atom. The van der Waals surface area contributed by atoms with Gasteiger partial charge in [0.05, 0.1) is 28.6 Å². The second-order valence-corrected chi connectivity index (χ2v) is 6.05. The van der Waals surface area contributed by atoms with Crippen molar-refractivity contribution in [1.29, 1.82) is 0 Å². The van der Waals surface area contributed by atoms with Crippen LogP contribution in [0.1, 0.15) is 12.5 Å². The van der Waals surface area contributed by atoms with Gasteiger partial charge in [0.15, 0.2) is 0 Å². The normalized spacial score (nSPS) is 11.0. The summed E-state index contributed by atoms with van der Waals surface area (Å²) >= 11 is 1.07. The first-order chi connectivity index (χ1) is 12.6. The summed E-state index contributed by atoms with van der Waals surface area (Å²) < 4.78 is 42.6. The van der Waals surface area contributed by atoms with Crippen molar-refractivity contribution >= 4 is 35.0 Å². The number of nitro groups is 1. The number of nitrogens with one attached hydrogen (secondary N) is 2. The summed E-state index contributed by atoms with van der Waals surface area (Å²) in [6.45, 7) is 2.09. The van der Waals surface area contributed by atoms with Gasteiger partial charge in [-0.25, -0.2) is 0 Å². The third-order valence-corrected chi connectivity index (χ3v) is 3.95. The van der Waals surface area contributed by atoms with Gasteiger partial charge in [-0.05, 0) is 19.1 Å². The Kier molecular flexibility index (Phi) is 8.85. The Balaban J connectivity index is 2.44. The molecule has 0 unspecified atom stereocenters. The molecule has 27 heavy (non-hydrogen) atoms. The first-order valence-corrected chi connectivity index (χ1v) is 8.90. The lowest BCUT2D eigenvalue weighted by atomic mass is 10.1. The third-order valence-electron chi connectivity index (χ3n) is 3.04. The zero-order valence-electron chi connectivity index (χ0n) is 14.3. The number of halogens is 3. The van der Waals surface area contributed by atoms with E-state index in [1.54, 1.807) is 6.92 Å². The quantitative estimate of drug-likeness (QED) is 0.264. The highest BCUT2D eigenvalue weighted by Crippen LogP contribution is 2.34. The number of nitro benzene ring substituents is 1. The smallest absolute Gasteiger partial charge is 0.416 e. The van der Waals surface area contributed by atoms with Gasteiger partial charge in [0.2, 0.25) is 5.91 Å². The average molecular weight is 409 g/mol. The van der Waals surface area contributed by atoms with Crippen LogP contribution in [0.15, 0.2) is 18.2 Å². The molecule has 1 rings (SSSR count). The number of rotatable bonds is 10. The van der Waals surface area contributed by atoms with Crippen LogP contribution in [0.4, 0.5) is 24.5 Å². The van der Waals surface area contributed by atoms with E-state index < -0.39 is 28.3 Å². The van der Waals surface area contributed by atoms with Crippen LogP contribution in [0.5, 0.6) is 0 Å². The maximum absolute atomic E-state index is 12.6. The largest absolute Gasteiger partial charge is 0.465 e. The molecule has 0 aromatic heterocycles. The first-order valence-electron chi connectivity index (χ1n) is 7.74. The Labute approximate surface area is 157 Å². The summed E-state index contributed by atoms with van der Waals surface area (Å²) in [5.41, 5.74) is -1.91. The first kappa shape index (κ1) is 22.5. The van der Waals surface area contributed by atoms with E-state index in [0.717, 1.165) is 23.9 Å². The van der Waals surface area contributed by atoms with Crippen molar-refractivity contribution in [3.8, 4) is 0 Å². The van der Waals surface area contributed by atoms with Crippen LogP contribution in [-0.4, -0.2) is 48.0 Å². The monoisotopic (exact) mass is 409 g/mol. The van der Waals surface area contributed by atoms with Gasteiger partial charge in [-0.15, -0.1) is 11.8 Å². The second kappa shape index (κ2) is 10.6. The van der Waals surface area contributed by atoms with Crippen molar-refractivity contribution in [2.24, 2.45) is 0 Å². The highest BCUT2D eigenvalue weighted by Gasteiger charge is 2.32. The number of alkyl halides is 3. The van der Waals surface area contributed by atoms with Gasteiger partial charge in [-0.2, -0.15) is 13.2 Å². The molecule has 0 heterocycles. The van der Waals surface area contributed by atoms with Crippen LogP contribution in [0.2, 0.25) is 0 Å². The predicted octanol–water partition coefficient (Wildman–Crippen LogP) is 2.44. The number of carbonyl (C=O) groups is 2. The standard InChI is InChI=1S/C15H18F3N3O5S/c1-2-26-14(23)9-27-8-13(22)20-6-5-19-11-4-3-10(15(16,17)18)7-12(11)21(24)25/h3-4,7,19H,2,5-6,8-9H2,1H3,(H,20,22). The highest BCUT2D eigenvalue weighted by atomic mass is 32.2. The molecule has 1 aromatic carbocycles. The van der Waals surface area contributed by atoms with Crippen LogP contribution in [0.3, 0.4) is 0 Å². The van der Waals surface area contributed by atoms with Crippen molar-refractivity contribution in [2.45, 2.75) is 13.1 Å². The van der Waals surface area contributed by atoms with Gasteiger partial charge in [0.1, 0.15) is 5.69 Å². The number of hydrogen-bond donors (Lipinski definition) is 2. The molecule has 0 saturated heterocycles. The Morgan fingerprint density at radius 3 is 2.56 bits per heavy atom. The highest BCUT2D eigenvalue weighted by molar-refractivity contribution is 8.00. The maximum atomic E-state index is 12.6. The molecule has 2 N–H and O–H groups in total. The molecule has 0 saturated carbocycles. The fourth-order valence-corrected chi connectivity index (χ4v) is 2.53. The van der Waals surface area contributed by atoms with Crippen LogP contribution < -0.4 is 10.6 Å². The van der Waals surface area contributed by atoms with E-state index in [1.165, 1.54) is 0 Å². The summed E-state index contributed by atoms with van der Waals surface area (Å²) in [6.07, 6.45) is -4.68. The zero-order chi connectivity index (χ0) is 20.4. The van der Waals surface area contributed by atoms with E-state index in [1.807, 2.05) is 0 Å². The molecule has 0 atom stereocenters. The SMILES string of the molecule is CCOC(=O)CSCC(=O)NCCNc1ccc(C(F)(F)F)cc1[N+](=O)[O-]. The van der Waals surface area contributed by atoms with Crippen molar-refractivity contribution < 1.29 is 32.4 Å². The van der Waals surface area contributed by atoms with Gasteiger partial charge in [-0.1, -0.05) is 0 Å². The van der Waals surface area contributed by atoms with E-state index >= 15 is 0 Å². The molecule has 1 aromatic rings. The number of thioether (sulfide) groups is 1. The Bertz CT molecular complexity index is 685. The molecule has 0 bridgehead atoms. The Hall–Kier alpha value is -2.50. The number of anilines is 1. The number of esters is 1. The Morgan fingerprint density at radius 1 is 1.26 bits per heavy atom. The van der Waals surface area contributed by atoms with Crippen LogP contribution in [-0.2, 0) is 20.5 Å². The molecular formula is C15H18F3N3O5S. The third kappa shape index (κ3) is 8.15. The number of benzene rings is 1. The number of hydrogen-bond acceptors (Lipinski definition) is 7. The minimum absolute atomic E-state index is 0.0270. The van der Waals surface area contributed by atoms with Crippen molar-refractivity contribution in [3.63, 3.8) is 0 Å². The number of nitrogens with zero attached hydrogens (tertiary/aromatic N) is 1. The molecule has 0 aliphatic rings. The molecule has 0 aliphatic heterocycles. The van der Waals surface area contributed by atoms with Crippen LogP contribution in [0.25, 0.3) is 0 Å². The molecular weight excluding hydrogens is 391 g/mol. The maximum Gasteiger partial charge on any atom is 0.416 e. The lowest BCUT2D eigenvalue weighted by Crippen LogP contribution is -2.30. The van der Waals surface area contributed by atoms with Gasteiger partial charge in [0, 0.05) is 19.2 Å². The van der Waals surface area contributed by atoms with Crippen molar-refractivity contribution in [1.82, 2.24) is 5.32 Å². The topological polar surface area (TPSA) is 111 Å². The average Bonchev–Trinajstić information content (AvgIpc) is 2.58. The van der Waals surface area contributed by atoms with Crippen molar-refractivity contribution in [3.05, 3.63) is 33.9 Å². The number of carbonyl (C=O) groups excluding carboxylic acids is 2. The zero-order valence-corrected chi connectivity index (χ0v) is 15.1. The van der Waals surface area contributed by atoms with E-state index in [0.29, 0.717) is 6.07 Å². The van der Waals surface area contributed by atoms with E-state index in [4.69, 9.17) is 4.74 Å². The minimum Gasteiger partial charge on any atom is -0.465 e.